The van der Waals surface area contributed by atoms with E-state index in [1.807, 2.05) is 25.3 Å². The Hall–Kier alpha value is -2.44. The number of rotatable bonds is 6. The van der Waals surface area contributed by atoms with Gasteiger partial charge in [-0.1, -0.05) is 18.2 Å². The first kappa shape index (κ1) is 17.0. The fourth-order valence-corrected chi connectivity index (χ4v) is 4.54. The van der Waals surface area contributed by atoms with Crippen molar-refractivity contribution >= 4 is 39.5 Å². The van der Waals surface area contributed by atoms with E-state index in [0.717, 1.165) is 32.4 Å². The van der Waals surface area contributed by atoms with E-state index in [1.54, 1.807) is 22.7 Å². The highest BCUT2D eigenvalue weighted by molar-refractivity contribution is 7.16. The molecule has 0 radical (unpaired) electrons. The summed E-state index contributed by atoms with van der Waals surface area (Å²) in [5.41, 5.74) is 3.33. The summed E-state index contributed by atoms with van der Waals surface area (Å²) >= 11 is 3.34. The van der Waals surface area contributed by atoms with Gasteiger partial charge in [-0.15, -0.1) is 22.7 Å². The summed E-state index contributed by atoms with van der Waals surface area (Å²) in [5.74, 6) is 0.0785. The number of aromatic amines is 1. The van der Waals surface area contributed by atoms with Crippen molar-refractivity contribution in [3.63, 3.8) is 0 Å². The molecule has 3 heterocycles. The molecule has 4 aromatic rings. The van der Waals surface area contributed by atoms with E-state index in [1.165, 1.54) is 10.9 Å². The number of carbonyl (C=O) groups is 1. The second-order valence-electron chi connectivity index (χ2n) is 6.15. The molecule has 3 aromatic heterocycles. The Balaban J connectivity index is 1.31. The van der Waals surface area contributed by atoms with Crippen LogP contribution in [0.4, 0.5) is 0 Å². The number of carbonyl (C=O) groups excluding carboxylic acids is 1. The Morgan fingerprint density at radius 2 is 2.12 bits per heavy atom. The highest BCUT2D eigenvalue weighted by Crippen LogP contribution is 2.29. The molecule has 0 bridgehead atoms. The number of benzene rings is 1. The molecule has 0 atom stereocenters. The second-order valence-corrected chi connectivity index (χ2v) is 8.38. The van der Waals surface area contributed by atoms with Crippen molar-refractivity contribution in [1.29, 1.82) is 0 Å². The van der Waals surface area contributed by atoms with Crippen LogP contribution >= 0.6 is 22.7 Å². The molecule has 2 N–H and O–H groups in total. The molecule has 6 heteroatoms. The van der Waals surface area contributed by atoms with Gasteiger partial charge < -0.3 is 10.3 Å². The molecule has 1 amide bonds. The van der Waals surface area contributed by atoms with Crippen molar-refractivity contribution in [2.75, 3.05) is 0 Å². The molecule has 0 fully saturated rings. The third kappa shape index (κ3) is 3.71. The third-order valence-electron chi connectivity index (χ3n) is 4.29. The molecular formula is C20H19N3OS2. The number of thiazole rings is 1. The highest BCUT2D eigenvalue weighted by Gasteiger charge is 2.09. The van der Waals surface area contributed by atoms with Gasteiger partial charge in [0.1, 0.15) is 0 Å². The summed E-state index contributed by atoms with van der Waals surface area (Å²) in [4.78, 5) is 22.3. The first-order valence-electron chi connectivity index (χ1n) is 8.52. The number of H-pyrrole nitrogens is 1. The van der Waals surface area contributed by atoms with Crippen molar-refractivity contribution in [3.8, 4) is 10.6 Å². The van der Waals surface area contributed by atoms with Crippen molar-refractivity contribution in [3.05, 3.63) is 63.4 Å². The van der Waals surface area contributed by atoms with Gasteiger partial charge in [-0.25, -0.2) is 4.98 Å². The fraction of sp³-hybridized carbons (Fsp3) is 0.200. The standard InChI is InChI=1S/C20H19N3OS2/c1-13-23-18(12-25-13)19-8-7-15(26-19)11-22-20(24)9-6-14-10-21-17-5-3-2-4-16(14)17/h2-5,7-8,10,12,21H,6,9,11H2,1H3,(H,22,24). The lowest BCUT2D eigenvalue weighted by Gasteiger charge is -2.03. The Labute approximate surface area is 159 Å². The Kier molecular flexibility index (Phi) is 4.86. The second kappa shape index (κ2) is 7.43. The molecule has 26 heavy (non-hydrogen) atoms. The van der Waals surface area contributed by atoms with Crippen LogP contribution in [0.5, 0.6) is 0 Å². The van der Waals surface area contributed by atoms with Crippen molar-refractivity contribution in [1.82, 2.24) is 15.3 Å². The summed E-state index contributed by atoms with van der Waals surface area (Å²) in [6.45, 7) is 2.58. The van der Waals surface area contributed by atoms with Crippen LogP contribution in [-0.4, -0.2) is 15.9 Å². The van der Waals surface area contributed by atoms with Gasteiger partial charge in [-0.05, 0) is 37.1 Å². The predicted molar refractivity (Wildman–Crippen MR) is 109 cm³/mol. The number of nitrogens with zero attached hydrogens (tertiary/aromatic N) is 1. The Bertz CT molecular complexity index is 1040. The number of amides is 1. The maximum Gasteiger partial charge on any atom is 0.220 e. The van der Waals surface area contributed by atoms with E-state index in [4.69, 9.17) is 0 Å². The van der Waals surface area contributed by atoms with Crippen molar-refractivity contribution in [2.45, 2.75) is 26.3 Å². The largest absolute Gasteiger partial charge is 0.361 e. The van der Waals surface area contributed by atoms with Crippen molar-refractivity contribution < 1.29 is 4.79 Å². The normalized spacial score (nSPS) is 11.1. The number of aromatic nitrogens is 2. The molecular weight excluding hydrogens is 362 g/mol. The van der Waals surface area contributed by atoms with Gasteiger partial charge in [0.05, 0.1) is 22.1 Å². The van der Waals surface area contributed by atoms with Gasteiger partial charge in [-0.2, -0.15) is 0 Å². The molecule has 132 valence electrons. The lowest BCUT2D eigenvalue weighted by atomic mass is 10.1. The molecule has 0 aliphatic carbocycles. The quantitative estimate of drug-likeness (QED) is 0.498. The molecule has 0 saturated carbocycles. The van der Waals surface area contributed by atoms with Crippen LogP contribution in [0.1, 0.15) is 21.9 Å². The lowest BCUT2D eigenvalue weighted by molar-refractivity contribution is -0.121. The van der Waals surface area contributed by atoms with Gasteiger partial charge in [0.15, 0.2) is 0 Å². The molecule has 0 saturated heterocycles. The third-order valence-corrected chi connectivity index (χ3v) is 6.17. The highest BCUT2D eigenvalue weighted by atomic mass is 32.1. The number of thiophene rings is 1. The Morgan fingerprint density at radius 3 is 2.96 bits per heavy atom. The molecule has 0 aliphatic rings. The van der Waals surface area contributed by atoms with E-state index in [9.17, 15) is 4.79 Å². The minimum atomic E-state index is 0.0785. The average molecular weight is 382 g/mol. The zero-order valence-corrected chi connectivity index (χ0v) is 16.0. The number of para-hydroxylation sites is 1. The minimum absolute atomic E-state index is 0.0785. The van der Waals surface area contributed by atoms with Gasteiger partial charge in [0.2, 0.25) is 5.91 Å². The van der Waals surface area contributed by atoms with Gasteiger partial charge in [-0.3, -0.25) is 4.79 Å². The number of hydrogen-bond donors (Lipinski definition) is 2. The molecule has 4 rings (SSSR count). The zero-order valence-electron chi connectivity index (χ0n) is 14.4. The zero-order chi connectivity index (χ0) is 17.9. The maximum atomic E-state index is 12.2. The smallest absolute Gasteiger partial charge is 0.220 e. The topological polar surface area (TPSA) is 57.8 Å². The summed E-state index contributed by atoms with van der Waals surface area (Å²) < 4.78 is 0. The summed E-state index contributed by atoms with van der Waals surface area (Å²) in [6.07, 6.45) is 3.23. The van der Waals surface area contributed by atoms with Gasteiger partial charge in [0, 0.05) is 33.8 Å². The molecule has 0 unspecified atom stereocenters. The van der Waals surface area contributed by atoms with E-state index in [0.29, 0.717) is 13.0 Å². The van der Waals surface area contributed by atoms with Crippen LogP contribution in [0.25, 0.3) is 21.5 Å². The first-order chi connectivity index (χ1) is 12.7. The monoisotopic (exact) mass is 381 g/mol. The molecule has 4 nitrogen and oxygen atoms in total. The van der Waals surface area contributed by atoms with Gasteiger partial charge in [0.25, 0.3) is 0 Å². The van der Waals surface area contributed by atoms with E-state index < -0.39 is 0 Å². The number of aryl methyl sites for hydroxylation is 2. The van der Waals surface area contributed by atoms with Crippen molar-refractivity contribution in [2.24, 2.45) is 0 Å². The van der Waals surface area contributed by atoms with E-state index in [2.05, 4.69) is 44.9 Å². The molecule has 0 aliphatic heterocycles. The van der Waals surface area contributed by atoms with Crippen LogP contribution in [0.2, 0.25) is 0 Å². The fourth-order valence-electron chi connectivity index (χ4n) is 2.95. The Morgan fingerprint density at radius 1 is 1.23 bits per heavy atom. The summed E-state index contributed by atoms with van der Waals surface area (Å²) in [6, 6.07) is 12.3. The van der Waals surface area contributed by atoms with Crippen LogP contribution in [0, 0.1) is 6.92 Å². The number of hydrogen-bond acceptors (Lipinski definition) is 4. The molecule has 0 spiro atoms. The van der Waals surface area contributed by atoms with E-state index >= 15 is 0 Å². The van der Waals surface area contributed by atoms with E-state index in [-0.39, 0.29) is 5.91 Å². The van der Waals surface area contributed by atoms with Crippen LogP contribution in [0.3, 0.4) is 0 Å². The lowest BCUT2D eigenvalue weighted by Crippen LogP contribution is -2.22. The predicted octanol–water partition coefficient (Wildman–Crippen LogP) is 4.91. The number of fused-ring (bicyclic) bond motifs is 1. The number of nitrogens with one attached hydrogen (secondary N) is 2. The van der Waals surface area contributed by atoms with Gasteiger partial charge >= 0.3 is 0 Å². The van der Waals surface area contributed by atoms with Crippen LogP contribution < -0.4 is 5.32 Å². The SMILES string of the molecule is Cc1nc(-c2ccc(CNC(=O)CCc3c[nH]c4ccccc34)s2)cs1. The maximum absolute atomic E-state index is 12.2. The molecule has 1 aromatic carbocycles. The van der Waals surface area contributed by atoms with Crippen LogP contribution in [-0.2, 0) is 17.8 Å². The first-order valence-corrected chi connectivity index (χ1v) is 10.2. The summed E-state index contributed by atoms with van der Waals surface area (Å²) in [7, 11) is 0. The average Bonchev–Trinajstić information content (AvgIpc) is 3.37. The summed E-state index contributed by atoms with van der Waals surface area (Å²) in [5, 5.41) is 7.36. The minimum Gasteiger partial charge on any atom is -0.361 e. The van der Waals surface area contributed by atoms with Crippen LogP contribution in [0.15, 0.2) is 48.0 Å².